The minimum atomic E-state index is -1.22. The summed E-state index contributed by atoms with van der Waals surface area (Å²) >= 11 is 0. The number of hydrogen-bond donors (Lipinski definition) is 3. The average molecular weight is 250 g/mol. The minimum Gasteiger partial charge on any atom is -0.478 e. The average Bonchev–Trinajstić information content (AvgIpc) is 2.31. The van der Waals surface area contributed by atoms with E-state index in [2.05, 4.69) is 11.2 Å². The lowest BCUT2D eigenvalue weighted by Gasteiger charge is -2.10. The molecule has 1 atom stereocenters. The van der Waals surface area contributed by atoms with E-state index in [0.29, 0.717) is 0 Å². The number of rotatable bonds is 4. The van der Waals surface area contributed by atoms with Gasteiger partial charge >= 0.3 is 5.97 Å². The molecule has 1 aromatic rings. The second-order valence-electron chi connectivity index (χ2n) is 3.50. The Kier molecular flexibility index (Phi) is 4.40. The molecule has 0 spiro atoms. The van der Waals surface area contributed by atoms with Crippen molar-refractivity contribution in [1.82, 2.24) is 0 Å². The molecule has 0 aliphatic rings. The van der Waals surface area contributed by atoms with Crippen molar-refractivity contribution in [3.8, 4) is 12.3 Å². The molecule has 0 saturated heterocycles. The van der Waals surface area contributed by atoms with Crippen LogP contribution in [0.15, 0.2) is 18.2 Å². The summed E-state index contributed by atoms with van der Waals surface area (Å²) in [5.74, 6) is -0.440. The van der Waals surface area contributed by atoms with Gasteiger partial charge in [0.25, 0.3) is 0 Å². The molecule has 1 amide bonds. The second kappa shape index (κ2) is 5.80. The second-order valence-corrected chi connectivity index (χ2v) is 3.50. The van der Waals surface area contributed by atoms with Gasteiger partial charge < -0.3 is 16.2 Å². The first kappa shape index (κ1) is 13.7. The van der Waals surface area contributed by atoms with Crippen molar-refractivity contribution in [2.75, 3.05) is 5.32 Å². The van der Waals surface area contributed by atoms with Crippen LogP contribution >= 0.6 is 0 Å². The van der Waals surface area contributed by atoms with Crippen LogP contribution in [-0.4, -0.2) is 23.0 Å². The first-order chi connectivity index (χ1) is 8.45. The quantitative estimate of drug-likeness (QED) is 0.689. The molecule has 0 bridgehead atoms. The van der Waals surface area contributed by atoms with Gasteiger partial charge in [0.2, 0.25) is 5.91 Å². The molecule has 1 rings (SSSR count). The van der Waals surface area contributed by atoms with Crippen LogP contribution in [-0.2, 0) is 4.79 Å². The largest absolute Gasteiger partial charge is 0.478 e. The van der Waals surface area contributed by atoms with Crippen LogP contribution in [0.3, 0.4) is 0 Å². The normalized spacial score (nSPS) is 11.4. The number of amides is 1. The zero-order valence-electron chi connectivity index (χ0n) is 9.31. The third kappa shape index (κ3) is 3.30. The number of carboxylic acid groups (broad SMARTS) is 1. The van der Waals surface area contributed by atoms with Gasteiger partial charge in [-0.2, -0.15) is 0 Å². The predicted molar refractivity (Wildman–Crippen MR) is 63.4 cm³/mol. The van der Waals surface area contributed by atoms with E-state index in [1.165, 1.54) is 0 Å². The van der Waals surface area contributed by atoms with E-state index >= 15 is 0 Å². The van der Waals surface area contributed by atoms with Crippen LogP contribution in [0.5, 0.6) is 0 Å². The highest BCUT2D eigenvalue weighted by molar-refractivity contribution is 5.96. The third-order valence-electron chi connectivity index (χ3n) is 2.15. The van der Waals surface area contributed by atoms with E-state index in [4.69, 9.17) is 17.3 Å². The first-order valence-electron chi connectivity index (χ1n) is 4.98. The molecule has 0 fully saturated rings. The number of benzene rings is 1. The summed E-state index contributed by atoms with van der Waals surface area (Å²) in [5.41, 5.74) is 5.05. The number of nitrogens with one attached hydrogen (secondary N) is 1. The van der Waals surface area contributed by atoms with Gasteiger partial charge in [-0.1, -0.05) is 0 Å². The Hall–Kier alpha value is -2.39. The van der Waals surface area contributed by atoms with E-state index in [9.17, 15) is 14.0 Å². The van der Waals surface area contributed by atoms with Gasteiger partial charge in [0.15, 0.2) is 0 Å². The Labute approximate surface area is 103 Å². The van der Waals surface area contributed by atoms with E-state index in [0.717, 1.165) is 18.2 Å². The molecule has 1 unspecified atom stereocenters. The Bertz CT molecular complexity index is 523. The summed E-state index contributed by atoms with van der Waals surface area (Å²) in [6.07, 6.45) is 5.00. The zero-order chi connectivity index (χ0) is 13.7. The van der Waals surface area contributed by atoms with E-state index < -0.39 is 23.7 Å². The standard InChI is InChI=1S/C12H11FN2O3/c1-2-3-9(14)11(16)15-10-6-7(12(17)18)4-5-8(10)13/h1,4-6,9H,3,14H2,(H,15,16)(H,17,18). The number of carboxylic acids is 1. The van der Waals surface area contributed by atoms with Crippen molar-refractivity contribution in [3.05, 3.63) is 29.6 Å². The third-order valence-corrected chi connectivity index (χ3v) is 2.15. The molecule has 4 N–H and O–H groups in total. The topological polar surface area (TPSA) is 92.4 Å². The smallest absolute Gasteiger partial charge is 0.335 e. The SMILES string of the molecule is C#CCC(N)C(=O)Nc1cc(C(=O)O)ccc1F. The van der Waals surface area contributed by atoms with Crippen molar-refractivity contribution in [2.45, 2.75) is 12.5 Å². The summed E-state index contributed by atoms with van der Waals surface area (Å²) in [6, 6.07) is 2.08. The molecular weight excluding hydrogens is 239 g/mol. The highest BCUT2D eigenvalue weighted by Gasteiger charge is 2.15. The Morgan fingerprint density at radius 2 is 2.22 bits per heavy atom. The van der Waals surface area contributed by atoms with Gasteiger partial charge in [-0.3, -0.25) is 4.79 Å². The van der Waals surface area contributed by atoms with Crippen LogP contribution in [0, 0.1) is 18.2 Å². The number of carbonyl (C=O) groups is 2. The van der Waals surface area contributed by atoms with Crippen LogP contribution in [0.25, 0.3) is 0 Å². The van der Waals surface area contributed by atoms with Gasteiger partial charge in [0, 0.05) is 6.42 Å². The number of carbonyl (C=O) groups excluding carboxylic acids is 1. The molecule has 0 radical (unpaired) electrons. The number of terminal acetylenes is 1. The van der Waals surface area contributed by atoms with Gasteiger partial charge in [-0.15, -0.1) is 12.3 Å². The van der Waals surface area contributed by atoms with Crippen molar-refractivity contribution in [1.29, 1.82) is 0 Å². The van der Waals surface area contributed by atoms with E-state index in [1.807, 2.05) is 0 Å². The number of anilines is 1. The van der Waals surface area contributed by atoms with Gasteiger partial charge in [0.05, 0.1) is 17.3 Å². The molecule has 0 aliphatic heterocycles. The molecule has 0 aliphatic carbocycles. The van der Waals surface area contributed by atoms with Crippen molar-refractivity contribution in [2.24, 2.45) is 5.73 Å². The maximum absolute atomic E-state index is 13.4. The maximum Gasteiger partial charge on any atom is 0.335 e. The molecule has 0 heterocycles. The molecular formula is C12H11FN2O3. The molecule has 0 aromatic heterocycles. The van der Waals surface area contributed by atoms with Gasteiger partial charge in [-0.05, 0) is 18.2 Å². The first-order valence-corrected chi connectivity index (χ1v) is 4.98. The summed E-state index contributed by atoms with van der Waals surface area (Å²) in [7, 11) is 0. The summed E-state index contributed by atoms with van der Waals surface area (Å²) < 4.78 is 13.4. The molecule has 0 saturated carbocycles. The summed E-state index contributed by atoms with van der Waals surface area (Å²) in [5, 5.41) is 10.9. The van der Waals surface area contributed by atoms with E-state index in [1.54, 1.807) is 0 Å². The summed E-state index contributed by atoms with van der Waals surface area (Å²) in [4.78, 5) is 22.2. The predicted octanol–water partition coefficient (Wildman–Crippen LogP) is 0.813. The summed E-state index contributed by atoms with van der Waals surface area (Å²) in [6.45, 7) is 0. The molecule has 6 heteroatoms. The zero-order valence-corrected chi connectivity index (χ0v) is 9.31. The number of hydrogen-bond acceptors (Lipinski definition) is 3. The van der Waals surface area contributed by atoms with Crippen LogP contribution < -0.4 is 11.1 Å². The van der Waals surface area contributed by atoms with Crippen molar-refractivity contribution >= 4 is 17.6 Å². The fraction of sp³-hybridized carbons (Fsp3) is 0.167. The molecule has 1 aromatic carbocycles. The highest BCUT2D eigenvalue weighted by Crippen LogP contribution is 2.16. The Morgan fingerprint density at radius 1 is 1.56 bits per heavy atom. The van der Waals surface area contributed by atoms with Crippen molar-refractivity contribution < 1.29 is 19.1 Å². The number of aromatic carboxylic acids is 1. The fourth-order valence-electron chi connectivity index (χ4n) is 1.20. The molecule has 5 nitrogen and oxygen atoms in total. The molecule has 94 valence electrons. The van der Waals surface area contributed by atoms with Crippen LogP contribution in [0.4, 0.5) is 10.1 Å². The van der Waals surface area contributed by atoms with Crippen LogP contribution in [0.1, 0.15) is 16.8 Å². The monoisotopic (exact) mass is 250 g/mol. The highest BCUT2D eigenvalue weighted by atomic mass is 19.1. The fourth-order valence-corrected chi connectivity index (χ4v) is 1.20. The van der Waals surface area contributed by atoms with Gasteiger partial charge in [-0.25, -0.2) is 9.18 Å². The van der Waals surface area contributed by atoms with Crippen molar-refractivity contribution in [3.63, 3.8) is 0 Å². The van der Waals surface area contributed by atoms with E-state index in [-0.39, 0.29) is 17.7 Å². The number of nitrogens with two attached hydrogens (primary N) is 1. The maximum atomic E-state index is 13.4. The number of halogens is 1. The Morgan fingerprint density at radius 3 is 2.78 bits per heavy atom. The molecule has 18 heavy (non-hydrogen) atoms. The lowest BCUT2D eigenvalue weighted by atomic mass is 10.1. The lowest BCUT2D eigenvalue weighted by molar-refractivity contribution is -0.117. The minimum absolute atomic E-state index is 0.00603. The lowest BCUT2D eigenvalue weighted by Crippen LogP contribution is -2.35. The van der Waals surface area contributed by atoms with Gasteiger partial charge in [0.1, 0.15) is 5.82 Å². The Balaban J connectivity index is 2.90. The van der Waals surface area contributed by atoms with Crippen LogP contribution in [0.2, 0.25) is 0 Å².